The van der Waals surface area contributed by atoms with Gasteiger partial charge >= 0.3 is 5.97 Å². The van der Waals surface area contributed by atoms with Crippen LogP contribution in [0.1, 0.15) is 38.2 Å². The standard InChI is InChI=1S/C29H31FN2O7S/c1-2-37-27(33)17-20-32(29(18-6-19-29)28(34)31-38-21-22-7-4-3-5-8-22)40(35,36)26-15-13-25(14-16-26)39-24-11-9-23(30)10-12-24/h3-5,7-16H,2,6,17-21H2,1H3,(H,31,34). The number of ether oxygens (including phenoxy) is 2. The van der Waals surface area contributed by atoms with E-state index < -0.39 is 33.3 Å². The SMILES string of the molecule is CCOC(=O)CCN(C1(C(=O)NOCc2ccccc2)CCC1)S(=O)(=O)c1ccc(Oc2ccc(F)cc2)cc1. The predicted octanol–water partition coefficient (Wildman–Crippen LogP) is 4.73. The number of hydroxylamine groups is 1. The summed E-state index contributed by atoms with van der Waals surface area (Å²) in [5, 5.41) is 0. The maximum Gasteiger partial charge on any atom is 0.307 e. The number of hydrogen-bond donors (Lipinski definition) is 1. The van der Waals surface area contributed by atoms with E-state index in [1.807, 2.05) is 30.3 Å². The molecular formula is C29H31FN2O7S. The van der Waals surface area contributed by atoms with Gasteiger partial charge in [0, 0.05) is 6.54 Å². The van der Waals surface area contributed by atoms with Gasteiger partial charge in [-0.1, -0.05) is 30.3 Å². The first-order valence-corrected chi connectivity index (χ1v) is 14.4. The topological polar surface area (TPSA) is 111 Å². The maximum absolute atomic E-state index is 13.9. The fourth-order valence-electron chi connectivity index (χ4n) is 4.39. The Morgan fingerprint density at radius 3 is 2.15 bits per heavy atom. The van der Waals surface area contributed by atoms with Crippen molar-refractivity contribution in [1.82, 2.24) is 9.79 Å². The summed E-state index contributed by atoms with van der Waals surface area (Å²) in [7, 11) is -4.24. The molecule has 1 aliphatic rings. The first-order valence-electron chi connectivity index (χ1n) is 12.9. The molecule has 3 aromatic rings. The molecule has 3 aromatic carbocycles. The second-order valence-electron chi connectivity index (χ2n) is 9.25. The number of nitrogens with one attached hydrogen (secondary N) is 1. The van der Waals surface area contributed by atoms with Crippen LogP contribution in [0.15, 0.2) is 83.8 Å². The van der Waals surface area contributed by atoms with Crippen molar-refractivity contribution in [3.63, 3.8) is 0 Å². The van der Waals surface area contributed by atoms with Crippen molar-refractivity contribution in [1.29, 1.82) is 0 Å². The van der Waals surface area contributed by atoms with Crippen LogP contribution in [0.3, 0.4) is 0 Å². The van der Waals surface area contributed by atoms with Gasteiger partial charge in [-0.25, -0.2) is 18.3 Å². The van der Waals surface area contributed by atoms with Gasteiger partial charge in [-0.2, -0.15) is 4.31 Å². The van der Waals surface area contributed by atoms with Crippen LogP contribution in [0.25, 0.3) is 0 Å². The van der Waals surface area contributed by atoms with E-state index in [0.717, 1.165) is 9.87 Å². The quantitative estimate of drug-likeness (QED) is 0.234. The molecular weight excluding hydrogens is 539 g/mol. The minimum Gasteiger partial charge on any atom is -0.466 e. The second kappa shape index (κ2) is 13.0. The zero-order chi connectivity index (χ0) is 28.6. The lowest BCUT2D eigenvalue weighted by Gasteiger charge is -2.47. The van der Waals surface area contributed by atoms with Gasteiger partial charge in [0.25, 0.3) is 5.91 Å². The van der Waals surface area contributed by atoms with Gasteiger partial charge in [0.2, 0.25) is 10.0 Å². The van der Waals surface area contributed by atoms with Gasteiger partial charge in [-0.3, -0.25) is 14.4 Å². The van der Waals surface area contributed by atoms with E-state index in [2.05, 4.69) is 5.48 Å². The number of amides is 1. The Morgan fingerprint density at radius 1 is 0.950 bits per heavy atom. The number of hydrogen-bond acceptors (Lipinski definition) is 7. The lowest BCUT2D eigenvalue weighted by Crippen LogP contribution is -2.64. The van der Waals surface area contributed by atoms with Crippen LogP contribution >= 0.6 is 0 Å². The summed E-state index contributed by atoms with van der Waals surface area (Å²) < 4.78 is 52.8. The Morgan fingerprint density at radius 2 is 1.57 bits per heavy atom. The first-order chi connectivity index (χ1) is 19.2. The number of carbonyl (C=O) groups excluding carboxylic acids is 2. The van der Waals surface area contributed by atoms with Crippen molar-refractivity contribution in [3.05, 3.63) is 90.2 Å². The molecule has 0 unspecified atom stereocenters. The smallest absolute Gasteiger partial charge is 0.307 e. The first kappa shape index (κ1) is 29.2. The highest BCUT2D eigenvalue weighted by Crippen LogP contribution is 2.41. The molecule has 9 nitrogen and oxygen atoms in total. The van der Waals surface area contributed by atoms with Crippen LogP contribution in [0.4, 0.5) is 4.39 Å². The van der Waals surface area contributed by atoms with Crippen molar-refractivity contribution in [2.45, 2.75) is 49.6 Å². The van der Waals surface area contributed by atoms with Crippen LogP contribution in [-0.4, -0.2) is 43.3 Å². The minimum atomic E-state index is -4.24. The van der Waals surface area contributed by atoms with E-state index in [0.29, 0.717) is 17.9 Å². The molecule has 212 valence electrons. The lowest BCUT2D eigenvalue weighted by atomic mass is 9.76. The maximum atomic E-state index is 13.9. The average molecular weight is 571 g/mol. The van der Waals surface area contributed by atoms with Gasteiger partial charge in [-0.15, -0.1) is 0 Å². The molecule has 0 aliphatic heterocycles. The second-order valence-corrected chi connectivity index (χ2v) is 11.1. The molecule has 4 rings (SSSR count). The largest absolute Gasteiger partial charge is 0.466 e. The average Bonchev–Trinajstić information content (AvgIpc) is 2.92. The number of benzene rings is 3. The number of nitrogens with zero attached hydrogens (tertiary/aromatic N) is 1. The summed E-state index contributed by atoms with van der Waals surface area (Å²) >= 11 is 0. The molecule has 0 radical (unpaired) electrons. The fourth-order valence-corrected chi connectivity index (χ4v) is 6.18. The predicted molar refractivity (Wildman–Crippen MR) is 144 cm³/mol. The van der Waals surface area contributed by atoms with Gasteiger partial charge < -0.3 is 9.47 Å². The highest BCUT2D eigenvalue weighted by molar-refractivity contribution is 7.89. The third-order valence-corrected chi connectivity index (χ3v) is 8.59. The van der Waals surface area contributed by atoms with E-state index in [9.17, 15) is 22.4 Å². The van der Waals surface area contributed by atoms with Crippen LogP contribution < -0.4 is 10.2 Å². The highest BCUT2D eigenvalue weighted by atomic mass is 32.2. The lowest BCUT2D eigenvalue weighted by molar-refractivity contribution is -0.151. The number of sulfonamides is 1. The monoisotopic (exact) mass is 570 g/mol. The molecule has 11 heteroatoms. The van der Waals surface area contributed by atoms with Crippen LogP contribution in [0, 0.1) is 5.82 Å². The molecule has 0 aromatic heterocycles. The molecule has 0 saturated heterocycles. The zero-order valence-corrected chi connectivity index (χ0v) is 22.9. The van der Waals surface area contributed by atoms with Crippen molar-refractivity contribution in [3.8, 4) is 11.5 Å². The molecule has 1 saturated carbocycles. The molecule has 1 N–H and O–H groups in total. The molecule has 0 heterocycles. The molecule has 1 fully saturated rings. The normalized spacial score (nSPS) is 14.3. The molecule has 1 amide bonds. The van der Waals surface area contributed by atoms with Crippen LogP contribution in [0.2, 0.25) is 0 Å². The third-order valence-electron chi connectivity index (χ3n) is 6.61. The van der Waals surface area contributed by atoms with Gasteiger partial charge in [0.1, 0.15) is 22.9 Å². The summed E-state index contributed by atoms with van der Waals surface area (Å²) in [6.45, 7) is 1.67. The van der Waals surface area contributed by atoms with Gasteiger partial charge in [-0.05, 0) is 80.3 Å². The summed E-state index contributed by atoms with van der Waals surface area (Å²) in [5.74, 6) is -0.849. The Bertz CT molecular complexity index is 1390. The Kier molecular flexibility index (Phi) is 9.51. The van der Waals surface area contributed by atoms with Crippen LogP contribution in [-0.2, 0) is 35.8 Å². The van der Waals surface area contributed by atoms with Crippen LogP contribution in [0.5, 0.6) is 11.5 Å². The van der Waals surface area contributed by atoms with E-state index in [1.165, 1.54) is 48.5 Å². The molecule has 0 bridgehead atoms. The zero-order valence-electron chi connectivity index (χ0n) is 22.0. The summed E-state index contributed by atoms with van der Waals surface area (Å²) in [4.78, 5) is 30.9. The highest BCUT2D eigenvalue weighted by Gasteiger charge is 2.54. The van der Waals surface area contributed by atoms with Crippen molar-refractivity contribution in [2.75, 3.05) is 13.2 Å². The molecule has 40 heavy (non-hydrogen) atoms. The van der Waals surface area contributed by atoms with Gasteiger partial charge in [0.05, 0.1) is 24.5 Å². The number of esters is 1. The number of carbonyl (C=O) groups is 2. The Labute approximate surface area is 232 Å². The number of rotatable bonds is 13. The van der Waals surface area contributed by atoms with E-state index >= 15 is 0 Å². The van der Waals surface area contributed by atoms with Crippen molar-refractivity contribution >= 4 is 21.9 Å². The van der Waals surface area contributed by atoms with Gasteiger partial charge in [0.15, 0.2) is 0 Å². The van der Waals surface area contributed by atoms with E-state index in [1.54, 1.807) is 6.92 Å². The molecule has 0 atom stereocenters. The third kappa shape index (κ3) is 6.85. The molecule has 0 spiro atoms. The number of halogens is 1. The van der Waals surface area contributed by atoms with Crippen molar-refractivity contribution < 1.29 is 36.7 Å². The summed E-state index contributed by atoms with van der Waals surface area (Å²) in [5.41, 5.74) is 1.83. The van der Waals surface area contributed by atoms with E-state index in [-0.39, 0.29) is 43.9 Å². The summed E-state index contributed by atoms with van der Waals surface area (Å²) in [6.07, 6.45) is 0.934. The minimum absolute atomic E-state index is 0.0768. The Balaban J connectivity index is 1.55. The fraction of sp³-hybridized carbons (Fsp3) is 0.310. The Hall–Kier alpha value is -3.80. The van der Waals surface area contributed by atoms with E-state index in [4.69, 9.17) is 14.3 Å². The summed E-state index contributed by atoms with van der Waals surface area (Å²) in [6, 6.07) is 20.3. The molecule has 1 aliphatic carbocycles. The van der Waals surface area contributed by atoms with Crippen molar-refractivity contribution in [2.24, 2.45) is 0 Å².